The Balaban J connectivity index is 3.11. The van der Waals surface area contributed by atoms with Gasteiger partial charge in [-0.25, -0.2) is 0 Å². The van der Waals surface area contributed by atoms with Gasteiger partial charge < -0.3 is 19.8 Å². The molecule has 0 saturated heterocycles. The van der Waals surface area contributed by atoms with Crippen LogP contribution in [0.4, 0.5) is 5.69 Å². The molecule has 1 rings (SSSR count). The summed E-state index contributed by atoms with van der Waals surface area (Å²) in [7, 11) is 0. The van der Waals surface area contributed by atoms with Crippen LogP contribution in [-0.2, 0) is 9.59 Å². The monoisotopic (exact) mass is 271 g/mol. The molecule has 0 radical (unpaired) electrons. The van der Waals surface area contributed by atoms with E-state index in [0.29, 0.717) is 0 Å². The Morgan fingerprint density at radius 3 is 1.94 bits per heavy atom. The summed E-state index contributed by atoms with van der Waals surface area (Å²) in [6, 6.07) is 4.31. The number of benzene rings is 1. The quantitative estimate of drug-likeness (QED) is 0.376. The van der Waals surface area contributed by atoms with Gasteiger partial charge in [0.1, 0.15) is 0 Å². The number of rotatable bonds is 5. The fourth-order valence-corrected chi connectivity index (χ4v) is 1.61. The Kier molecular flexibility index (Phi) is 4.22. The van der Waals surface area contributed by atoms with Gasteiger partial charge in [-0.15, -0.1) is 11.6 Å². The molecule has 0 aliphatic heterocycles. The number of nitrogens with zero attached hydrogens (tertiary/aromatic N) is 1. The van der Waals surface area contributed by atoms with Gasteiger partial charge in [0.15, 0.2) is 0 Å². The summed E-state index contributed by atoms with van der Waals surface area (Å²) in [6.45, 7) is 0. The largest absolute Gasteiger partial charge is 0.549 e. The molecule has 0 fully saturated rings. The molecule has 2 atom stereocenters. The van der Waals surface area contributed by atoms with E-state index in [1.807, 2.05) is 0 Å². The van der Waals surface area contributed by atoms with E-state index in [4.69, 9.17) is 11.6 Å². The summed E-state index contributed by atoms with van der Waals surface area (Å²) in [5.74, 6) is -5.10. The van der Waals surface area contributed by atoms with Crippen molar-refractivity contribution in [2.75, 3.05) is 0 Å². The second-order valence-corrected chi connectivity index (χ2v) is 3.84. The van der Waals surface area contributed by atoms with E-state index >= 15 is 0 Å². The maximum absolute atomic E-state index is 10.8. The molecule has 0 saturated carbocycles. The van der Waals surface area contributed by atoms with E-state index in [2.05, 4.69) is 0 Å². The van der Waals surface area contributed by atoms with Crippen LogP contribution in [0.3, 0.4) is 0 Å². The second-order valence-electron chi connectivity index (χ2n) is 3.37. The molecule has 0 N–H and O–H groups in total. The number of hydrogen-bond acceptors (Lipinski definition) is 6. The van der Waals surface area contributed by atoms with Crippen molar-refractivity contribution in [1.29, 1.82) is 0 Å². The fraction of sp³-hybridized carbons (Fsp3) is 0.200. The molecular weight excluding hydrogens is 266 g/mol. The van der Waals surface area contributed by atoms with Crippen LogP contribution < -0.4 is 10.2 Å². The zero-order chi connectivity index (χ0) is 13.9. The SMILES string of the molecule is O=C([O-])[C@H](c1ccc([N+](=O)[O-])cc1)[C@@H](Cl)C(=O)[O-]. The average molecular weight is 272 g/mol. The van der Waals surface area contributed by atoms with E-state index in [-0.39, 0.29) is 11.3 Å². The minimum atomic E-state index is -1.82. The number of carbonyl (C=O) groups is 2. The molecule has 0 spiro atoms. The Bertz CT molecular complexity index is 486. The first-order chi connectivity index (χ1) is 8.34. The number of carboxylic acids is 2. The predicted octanol–water partition coefficient (Wildman–Crippen LogP) is -1.21. The maximum Gasteiger partial charge on any atom is 0.269 e. The van der Waals surface area contributed by atoms with E-state index in [1.54, 1.807) is 0 Å². The molecule has 96 valence electrons. The Morgan fingerprint density at radius 1 is 1.11 bits per heavy atom. The Morgan fingerprint density at radius 2 is 1.61 bits per heavy atom. The highest BCUT2D eigenvalue weighted by Crippen LogP contribution is 2.25. The molecule has 0 amide bonds. The number of nitro benzene ring substituents is 1. The molecule has 0 heterocycles. The number of alkyl halides is 1. The molecular formula is C10H6ClNO6-2. The van der Waals surface area contributed by atoms with Crippen molar-refractivity contribution < 1.29 is 24.7 Å². The molecule has 18 heavy (non-hydrogen) atoms. The summed E-state index contributed by atoms with van der Waals surface area (Å²) >= 11 is 5.40. The molecule has 0 unspecified atom stereocenters. The first kappa shape index (κ1) is 13.9. The molecule has 0 aliphatic rings. The van der Waals surface area contributed by atoms with Crippen LogP contribution in [0.1, 0.15) is 11.5 Å². The highest BCUT2D eigenvalue weighted by molar-refractivity contribution is 6.31. The zero-order valence-electron chi connectivity index (χ0n) is 8.74. The van der Waals surface area contributed by atoms with E-state index in [1.165, 1.54) is 0 Å². The van der Waals surface area contributed by atoms with Gasteiger partial charge in [0, 0.05) is 18.1 Å². The highest BCUT2D eigenvalue weighted by atomic mass is 35.5. The van der Waals surface area contributed by atoms with Crippen LogP contribution in [0.15, 0.2) is 24.3 Å². The van der Waals surface area contributed by atoms with Gasteiger partial charge in [0.2, 0.25) is 0 Å². The number of halogens is 1. The van der Waals surface area contributed by atoms with Gasteiger partial charge in [-0.1, -0.05) is 12.1 Å². The van der Waals surface area contributed by atoms with E-state index in [9.17, 15) is 29.9 Å². The van der Waals surface area contributed by atoms with E-state index in [0.717, 1.165) is 24.3 Å². The highest BCUT2D eigenvalue weighted by Gasteiger charge is 2.24. The third kappa shape index (κ3) is 2.95. The molecule has 1 aromatic rings. The third-order valence-corrected chi connectivity index (χ3v) is 2.66. The number of carboxylic acid groups (broad SMARTS) is 2. The Hall–Kier alpha value is -2.15. The van der Waals surface area contributed by atoms with Gasteiger partial charge >= 0.3 is 0 Å². The number of hydrogen-bond donors (Lipinski definition) is 0. The first-order valence-electron chi connectivity index (χ1n) is 4.64. The topological polar surface area (TPSA) is 123 Å². The fourth-order valence-electron chi connectivity index (χ4n) is 1.36. The van der Waals surface area contributed by atoms with Crippen LogP contribution in [0.25, 0.3) is 0 Å². The predicted molar refractivity (Wildman–Crippen MR) is 55.5 cm³/mol. The van der Waals surface area contributed by atoms with Crippen molar-refractivity contribution in [3.05, 3.63) is 39.9 Å². The second kappa shape index (κ2) is 5.46. The smallest absolute Gasteiger partial charge is 0.269 e. The van der Waals surface area contributed by atoms with E-state index < -0.39 is 28.2 Å². The minimum absolute atomic E-state index is 0.00944. The van der Waals surface area contributed by atoms with Crippen LogP contribution in [-0.4, -0.2) is 22.2 Å². The lowest BCUT2D eigenvalue weighted by atomic mass is 9.95. The number of aliphatic carboxylic acids is 2. The first-order valence-corrected chi connectivity index (χ1v) is 5.08. The third-order valence-electron chi connectivity index (χ3n) is 2.23. The van der Waals surface area contributed by atoms with Crippen LogP contribution >= 0.6 is 11.6 Å². The lowest BCUT2D eigenvalue weighted by molar-refractivity contribution is -0.384. The van der Waals surface area contributed by atoms with Gasteiger partial charge in [-0.05, 0) is 5.56 Å². The zero-order valence-corrected chi connectivity index (χ0v) is 9.49. The van der Waals surface area contributed by atoms with Crippen LogP contribution in [0.2, 0.25) is 0 Å². The minimum Gasteiger partial charge on any atom is -0.549 e. The normalized spacial score (nSPS) is 13.6. The van der Waals surface area contributed by atoms with Crippen molar-refractivity contribution in [3.63, 3.8) is 0 Å². The molecule has 0 aromatic heterocycles. The summed E-state index contributed by atoms with van der Waals surface area (Å²) in [6.07, 6.45) is 0. The van der Waals surface area contributed by atoms with Crippen molar-refractivity contribution in [3.8, 4) is 0 Å². The van der Waals surface area contributed by atoms with Crippen LogP contribution in [0.5, 0.6) is 0 Å². The summed E-state index contributed by atoms with van der Waals surface area (Å²) < 4.78 is 0. The van der Waals surface area contributed by atoms with Gasteiger partial charge in [0.25, 0.3) is 5.69 Å². The van der Waals surface area contributed by atoms with Crippen molar-refractivity contribution in [2.24, 2.45) is 0 Å². The number of nitro groups is 1. The molecule has 8 heteroatoms. The summed E-state index contributed by atoms with van der Waals surface area (Å²) in [5.41, 5.74) is -0.264. The molecule has 7 nitrogen and oxygen atoms in total. The van der Waals surface area contributed by atoms with Gasteiger partial charge in [-0.3, -0.25) is 10.1 Å². The van der Waals surface area contributed by atoms with Gasteiger partial charge in [0.05, 0.1) is 22.2 Å². The maximum atomic E-state index is 10.8. The standard InChI is InChI=1S/C10H8ClNO6/c11-8(10(15)16)7(9(13)14)5-1-3-6(4-2-5)12(17)18/h1-4,7-8H,(H,13,14)(H,15,16)/p-2/t7-,8-/m1/s1. The van der Waals surface area contributed by atoms with Crippen molar-refractivity contribution in [1.82, 2.24) is 0 Å². The molecule has 1 aromatic carbocycles. The van der Waals surface area contributed by atoms with Crippen LogP contribution in [0, 0.1) is 10.1 Å². The molecule has 0 aliphatic carbocycles. The lowest BCUT2D eigenvalue weighted by Gasteiger charge is -2.24. The average Bonchev–Trinajstić information content (AvgIpc) is 2.29. The van der Waals surface area contributed by atoms with Crippen molar-refractivity contribution in [2.45, 2.75) is 11.3 Å². The summed E-state index contributed by atoms with van der Waals surface area (Å²) in [4.78, 5) is 31.1. The summed E-state index contributed by atoms with van der Waals surface area (Å²) in [5, 5.41) is 30.0. The lowest BCUT2D eigenvalue weighted by Crippen LogP contribution is -2.43. The number of carbonyl (C=O) groups excluding carboxylic acids is 2. The number of non-ortho nitro benzene ring substituents is 1. The molecule has 0 bridgehead atoms. The van der Waals surface area contributed by atoms with Crippen molar-refractivity contribution >= 4 is 29.2 Å². The Labute approximate surface area is 106 Å². The van der Waals surface area contributed by atoms with Gasteiger partial charge in [-0.2, -0.15) is 0 Å².